The predicted molar refractivity (Wildman–Crippen MR) is 118 cm³/mol. The van der Waals surface area contributed by atoms with Crippen molar-refractivity contribution in [2.75, 3.05) is 11.1 Å². The lowest BCUT2D eigenvalue weighted by molar-refractivity contribution is -0.113. The van der Waals surface area contributed by atoms with E-state index in [4.69, 9.17) is 4.42 Å². The maximum atomic E-state index is 13.2. The number of halogens is 1. The van der Waals surface area contributed by atoms with Gasteiger partial charge in [0.1, 0.15) is 16.9 Å². The van der Waals surface area contributed by atoms with Crippen molar-refractivity contribution in [2.45, 2.75) is 12.1 Å². The van der Waals surface area contributed by atoms with E-state index in [0.29, 0.717) is 22.0 Å². The molecule has 0 atom stereocenters. The van der Waals surface area contributed by atoms with E-state index in [2.05, 4.69) is 21.6 Å². The van der Waals surface area contributed by atoms with Gasteiger partial charge in [0, 0.05) is 16.0 Å². The molecule has 9 heteroatoms. The van der Waals surface area contributed by atoms with Crippen LogP contribution >= 0.6 is 23.1 Å². The molecule has 31 heavy (non-hydrogen) atoms. The first-order valence-corrected chi connectivity index (χ1v) is 11.0. The van der Waals surface area contributed by atoms with Crippen LogP contribution < -0.4 is 5.32 Å². The summed E-state index contributed by atoms with van der Waals surface area (Å²) < 4.78 is 18.8. The Labute approximate surface area is 185 Å². The average molecular weight is 451 g/mol. The van der Waals surface area contributed by atoms with Gasteiger partial charge in [-0.05, 0) is 36.8 Å². The number of carbonyl (C=O) groups excluding carboxylic acids is 1. The van der Waals surface area contributed by atoms with Gasteiger partial charge in [0.2, 0.25) is 11.8 Å². The maximum absolute atomic E-state index is 13.2. The molecule has 2 aromatic heterocycles. The average Bonchev–Trinajstić information content (AvgIpc) is 3.37. The molecule has 0 saturated carbocycles. The Morgan fingerprint density at radius 1 is 1.16 bits per heavy atom. The zero-order valence-corrected chi connectivity index (χ0v) is 17.9. The number of nitriles is 1. The molecule has 0 radical (unpaired) electrons. The zero-order valence-electron chi connectivity index (χ0n) is 16.3. The minimum Gasteiger partial charge on any atom is -0.411 e. The second kappa shape index (κ2) is 9.12. The lowest BCUT2D eigenvalue weighted by atomic mass is 10.0. The molecule has 0 unspecified atom stereocenters. The Bertz CT molecular complexity index is 1260. The first kappa shape index (κ1) is 20.8. The summed E-state index contributed by atoms with van der Waals surface area (Å²) >= 11 is 2.42. The van der Waals surface area contributed by atoms with E-state index in [1.807, 2.05) is 37.3 Å². The number of anilines is 1. The molecule has 0 saturated heterocycles. The van der Waals surface area contributed by atoms with Crippen LogP contribution in [0.1, 0.15) is 10.4 Å². The summed E-state index contributed by atoms with van der Waals surface area (Å²) in [6.45, 7) is 1.86. The SMILES string of the molecule is Cc1sc(NC(=O)CSc2nnc(-c3ccccc3)o2)c(C#N)c1-c1ccc(F)cc1. The molecule has 4 aromatic rings. The van der Waals surface area contributed by atoms with Gasteiger partial charge in [-0.25, -0.2) is 4.39 Å². The smallest absolute Gasteiger partial charge is 0.277 e. The minimum absolute atomic E-state index is 0.0458. The van der Waals surface area contributed by atoms with Gasteiger partial charge in [-0.2, -0.15) is 5.26 Å². The Balaban J connectivity index is 1.45. The normalized spacial score (nSPS) is 10.6. The van der Waals surface area contributed by atoms with E-state index < -0.39 is 0 Å². The van der Waals surface area contributed by atoms with E-state index in [1.54, 1.807) is 12.1 Å². The summed E-state index contributed by atoms with van der Waals surface area (Å²) in [5.74, 6) is -0.220. The molecule has 0 aliphatic rings. The summed E-state index contributed by atoms with van der Waals surface area (Å²) in [4.78, 5) is 13.3. The molecule has 0 aliphatic heterocycles. The first-order chi connectivity index (χ1) is 15.0. The van der Waals surface area contributed by atoms with Crippen LogP contribution in [0.4, 0.5) is 9.39 Å². The summed E-state index contributed by atoms with van der Waals surface area (Å²) in [6, 6.07) is 17.4. The maximum Gasteiger partial charge on any atom is 0.277 e. The molecule has 0 fully saturated rings. The van der Waals surface area contributed by atoms with Gasteiger partial charge in [0.05, 0.1) is 11.3 Å². The van der Waals surface area contributed by atoms with Crippen molar-refractivity contribution < 1.29 is 13.6 Å². The fraction of sp³-hybridized carbons (Fsp3) is 0.0909. The van der Waals surface area contributed by atoms with Crippen LogP contribution in [-0.4, -0.2) is 21.9 Å². The van der Waals surface area contributed by atoms with Crippen molar-refractivity contribution >= 4 is 34.0 Å². The highest BCUT2D eigenvalue weighted by molar-refractivity contribution is 7.99. The van der Waals surface area contributed by atoms with Gasteiger partial charge in [0.25, 0.3) is 5.22 Å². The molecule has 154 valence electrons. The third kappa shape index (κ3) is 4.66. The number of nitrogens with zero attached hydrogens (tertiary/aromatic N) is 3. The van der Waals surface area contributed by atoms with Crippen LogP contribution in [-0.2, 0) is 4.79 Å². The van der Waals surface area contributed by atoms with E-state index >= 15 is 0 Å². The summed E-state index contributed by atoms with van der Waals surface area (Å²) in [5, 5.41) is 21.1. The molecule has 4 rings (SSSR count). The fourth-order valence-electron chi connectivity index (χ4n) is 2.96. The molecule has 6 nitrogen and oxygen atoms in total. The third-order valence-corrected chi connectivity index (χ3v) is 6.17. The number of aryl methyl sites for hydroxylation is 1. The number of hydrogen-bond donors (Lipinski definition) is 1. The van der Waals surface area contributed by atoms with Crippen molar-refractivity contribution in [1.82, 2.24) is 10.2 Å². The van der Waals surface area contributed by atoms with Crippen molar-refractivity contribution in [2.24, 2.45) is 0 Å². The van der Waals surface area contributed by atoms with Crippen molar-refractivity contribution in [3.63, 3.8) is 0 Å². The number of aromatic nitrogens is 2. The van der Waals surface area contributed by atoms with Crippen LogP contribution in [0.2, 0.25) is 0 Å². The number of hydrogen-bond acceptors (Lipinski definition) is 7. The largest absolute Gasteiger partial charge is 0.411 e. The predicted octanol–water partition coefficient (Wildman–Crippen LogP) is 5.52. The highest BCUT2D eigenvalue weighted by Crippen LogP contribution is 2.39. The van der Waals surface area contributed by atoms with Crippen LogP contribution in [0.15, 0.2) is 64.2 Å². The topological polar surface area (TPSA) is 91.8 Å². The Morgan fingerprint density at radius 3 is 2.61 bits per heavy atom. The van der Waals surface area contributed by atoms with Gasteiger partial charge >= 0.3 is 0 Å². The molecule has 0 spiro atoms. The van der Waals surface area contributed by atoms with Gasteiger partial charge in [0.15, 0.2) is 0 Å². The molecule has 0 bridgehead atoms. The Morgan fingerprint density at radius 2 is 1.90 bits per heavy atom. The summed E-state index contributed by atoms with van der Waals surface area (Å²) in [5.41, 5.74) is 2.57. The van der Waals surface area contributed by atoms with Gasteiger partial charge in [-0.15, -0.1) is 21.5 Å². The zero-order chi connectivity index (χ0) is 21.8. The highest BCUT2D eigenvalue weighted by Gasteiger charge is 2.19. The van der Waals surface area contributed by atoms with Crippen molar-refractivity contribution in [1.29, 1.82) is 5.26 Å². The molecular weight excluding hydrogens is 435 g/mol. The fourth-order valence-corrected chi connectivity index (χ4v) is 4.56. The summed E-state index contributed by atoms with van der Waals surface area (Å²) in [7, 11) is 0. The van der Waals surface area contributed by atoms with E-state index in [9.17, 15) is 14.4 Å². The third-order valence-electron chi connectivity index (χ3n) is 4.34. The van der Waals surface area contributed by atoms with E-state index in [1.165, 1.54) is 23.5 Å². The monoisotopic (exact) mass is 450 g/mol. The van der Waals surface area contributed by atoms with E-state index in [-0.39, 0.29) is 22.7 Å². The molecule has 1 N–H and O–H groups in total. The minimum atomic E-state index is -0.350. The van der Waals surface area contributed by atoms with Gasteiger partial charge in [-0.3, -0.25) is 4.79 Å². The molecular formula is C22H15FN4O2S2. The number of nitrogens with one attached hydrogen (secondary N) is 1. The van der Waals surface area contributed by atoms with Crippen LogP contribution in [0.3, 0.4) is 0 Å². The van der Waals surface area contributed by atoms with Gasteiger partial charge < -0.3 is 9.73 Å². The lowest BCUT2D eigenvalue weighted by Crippen LogP contribution is -2.13. The molecule has 0 aliphatic carbocycles. The Hall–Kier alpha value is -3.48. The molecule has 2 aromatic carbocycles. The lowest BCUT2D eigenvalue weighted by Gasteiger charge is -2.03. The van der Waals surface area contributed by atoms with Crippen molar-refractivity contribution in [3.05, 3.63) is 70.9 Å². The van der Waals surface area contributed by atoms with Crippen LogP contribution in [0.25, 0.3) is 22.6 Å². The Kier molecular flexibility index (Phi) is 6.11. The number of amides is 1. The second-order valence-electron chi connectivity index (χ2n) is 6.43. The standard InChI is InChI=1S/C22H15FN4O2S2/c1-13-19(14-7-9-16(23)10-8-14)17(11-24)21(31-13)25-18(28)12-30-22-27-26-20(29-22)15-5-3-2-4-6-15/h2-10H,12H2,1H3,(H,25,28). The number of thiophene rings is 1. The molecule has 2 heterocycles. The quantitative estimate of drug-likeness (QED) is 0.389. The number of carbonyl (C=O) groups is 1. The number of benzene rings is 2. The van der Waals surface area contributed by atoms with Crippen molar-refractivity contribution in [3.8, 4) is 28.7 Å². The van der Waals surface area contributed by atoms with E-state index in [0.717, 1.165) is 27.8 Å². The van der Waals surface area contributed by atoms with Crippen LogP contribution in [0.5, 0.6) is 0 Å². The number of rotatable bonds is 6. The molecule has 1 amide bonds. The first-order valence-electron chi connectivity index (χ1n) is 9.16. The summed E-state index contributed by atoms with van der Waals surface area (Å²) in [6.07, 6.45) is 0. The second-order valence-corrected chi connectivity index (χ2v) is 8.58. The van der Waals surface area contributed by atoms with Crippen LogP contribution in [0, 0.1) is 24.1 Å². The number of thioether (sulfide) groups is 1. The van der Waals surface area contributed by atoms with Gasteiger partial charge in [-0.1, -0.05) is 42.1 Å². The highest BCUT2D eigenvalue weighted by atomic mass is 32.2.